The van der Waals surface area contributed by atoms with E-state index in [0.29, 0.717) is 12.2 Å². The Morgan fingerprint density at radius 3 is 2.55 bits per heavy atom. The third-order valence-electron chi connectivity index (χ3n) is 2.80. The molecular weight excluding hydrogens is 299 g/mol. The van der Waals surface area contributed by atoms with Crippen LogP contribution >= 0.6 is 23.2 Å². The van der Waals surface area contributed by atoms with Gasteiger partial charge < -0.3 is 5.32 Å². The quantitative estimate of drug-likeness (QED) is 0.650. The molecule has 104 valence electrons. The molecule has 2 rings (SSSR count). The minimum Gasteiger partial charge on any atom is -0.375 e. The summed E-state index contributed by atoms with van der Waals surface area (Å²) in [5, 5.41) is 14.5. The van der Waals surface area contributed by atoms with Gasteiger partial charge in [0.25, 0.3) is 5.69 Å². The maximum atomic E-state index is 11.0. The Morgan fingerprint density at radius 1 is 1.20 bits per heavy atom. The van der Waals surface area contributed by atoms with E-state index in [-0.39, 0.29) is 15.7 Å². The monoisotopic (exact) mass is 310 g/mol. The predicted octanol–water partition coefficient (Wildman–Crippen LogP) is 4.82. The number of anilines is 1. The maximum Gasteiger partial charge on any atom is 0.293 e. The van der Waals surface area contributed by atoms with Crippen LogP contribution in [-0.2, 0) is 6.54 Å². The van der Waals surface area contributed by atoms with Gasteiger partial charge in [0.05, 0.1) is 15.0 Å². The van der Waals surface area contributed by atoms with Gasteiger partial charge >= 0.3 is 0 Å². The van der Waals surface area contributed by atoms with E-state index < -0.39 is 4.92 Å². The Kier molecular flexibility index (Phi) is 4.47. The summed E-state index contributed by atoms with van der Waals surface area (Å²) in [4.78, 5) is 10.5. The lowest BCUT2D eigenvalue weighted by molar-refractivity contribution is -0.383. The highest BCUT2D eigenvalue weighted by molar-refractivity contribution is 6.42. The third kappa shape index (κ3) is 3.40. The van der Waals surface area contributed by atoms with Gasteiger partial charge in [-0.05, 0) is 18.6 Å². The molecule has 0 spiro atoms. The van der Waals surface area contributed by atoms with E-state index in [1.807, 2.05) is 31.2 Å². The number of nitrogens with zero attached hydrogens (tertiary/aromatic N) is 1. The second-order valence-corrected chi connectivity index (χ2v) is 5.20. The first-order valence-electron chi connectivity index (χ1n) is 5.90. The summed E-state index contributed by atoms with van der Waals surface area (Å²) in [6, 6.07) is 10.6. The SMILES string of the molecule is Cc1cccc(CNc2cc(Cl)c(Cl)cc2[N+](=O)[O-])c1. The van der Waals surface area contributed by atoms with E-state index in [0.717, 1.165) is 11.1 Å². The fraction of sp³-hybridized carbons (Fsp3) is 0.143. The smallest absolute Gasteiger partial charge is 0.293 e. The van der Waals surface area contributed by atoms with E-state index in [9.17, 15) is 10.1 Å². The van der Waals surface area contributed by atoms with Crippen molar-refractivity contribution in [1.82, 2.24) is 0 Å². The molecule has 0 unspecified atom stereocenters. The standard InChI is InChI=1S/C14H12Cl2N2O2/c1-9-3-2-4-10(5-9)8-17-13-6-11(15)12(16)7-14(13)18(19)20/h2-7,17H,8H2,1H3. The van der Waals surface area contributed by atoms with Gasteiger partial charge in [0.2, 0.25) is 0 Å². The van der Waals surface area contributed by atoms with E-state index >= 15 is 0 Å². The molecule has 2 aromatic carbocycles. The number of halogens is 2. The highest BCUT2D eigenvalue weighted by Gasteiger charge is 2.16. The average molecular weight is 311 g/mol. The lowest BCUT2D eigenvalue weighted by atomic mass is 10.1. The topological polar surface area (TPSA) is 55.2 Å². The second kappa shape index (κ2) is 6.11. The Labute approximate surface area is 126 Å². The summed E-state index contributed by atoms with van der Waals surface area (Å²) >= 11 is 11.7. The summed E-state index contributed by atoms with van der Waals surface area (Å²) in [5.74, 6) is 0. The van der Waals surface area contributed by atoms with Crippen molar-refractivity contribution in [3.8, 4) is 0 Å². The summed E-state index contributed by atoms with van der Waals surface area (Å²) < 4.78 is 0. The maximum absolute atomic E-state index is 11.0. The zero-order valence-electron chi connectivity index (χ0n) is 10.7. The van der Waals surface area contributed by atoms with E-state index in [4.69, 9.17) is 23.2 Å². The second-order valence-electron chi connectivity index (χ2n) is 4.38. The highest BCUT2D eigenvalue weighted by atomic mass is 35.5. The van der Waals surface area contributed by atoms with Gasteiger partial charge in [-0.15, -0.1) is 0 Å². The molecule has 0 atom stereocenters. The van der Waals surface area contributed by atoms with Gasteiger partial charge in [-0.2, -0.15) is 0 Å². The van der Waals surface area contributed by atoms with Crippen molar-refractivity contribution in [3.05, 3.63) is 67.7 Å². The molecule has 1 N–H and O–H groups in total. The first-order chi connectivity index (χ1) is 9.47. The minimum absolute atomic E-state index is 0.0907. The number of nitro benzene ring substituents is 1. The number of benzene rings is 2. The van der Waals surface area contributed by atoms with Crippen LogP contribution in [0, 0.1) is 17.0 Å². The molecular formula is C14H12Cl2N2O2. The van der Waals surface area contributed by atoms with Crippen LogP contribution in [0.25, 0.3) is 0 Å². The molecule has 6 heteroatoms. The number of rotatable bonds is 4. The number of nitrogens with one attached hydrogen (secondary N) is 1. The van der Waals surface area contributed by atoms with Crippen molar-refractivity contribution in [2.75, 3.05) is 5.32 Å². The molecule has 2 aromatic rings. The largest absolute Gasteiger partial charge is 0.375 e. The molecule has 4 nitrogen and oxygen atoms in total. The van der Waals surface area contributed by atoms with Crippen LogP contribution in [0.3, 0.4) is 0 Å². The van der Waals surface area contributed by atoms with Crippen LogP contribution in [0.5, 0.6) is 0 Å². The summed E-state index contributed by atoms with van der Waals surface area (Å²) in [6.07, 6.45) is 0. The molecule has 20 heavy (non-hydrogen) atoms. The van der Waals surface area contributed by atoms with Gasteiger partial charge in [0.15, 0.2) is 0 Å². The Bertz CT molecular complexity index is 660. The highest BCUT2D eigenvalue weighted by Crippen LogP contribution is 2.34. The van der Waals surface area contributed by atoms with Crippen LogP contribution in [0.15, 0.2) is 36.4 Å². The fourth-order valence-electron chi connectivity index (χ4n) is 1.85. The predicted molar refractivity (Wildman–Crippen MR) is 81.6 cm³/mol. The van der Waals surface area contributed by atoms with Crippen LogP contribution in [-0.4, -0.2) is 4.92 Å². The van der Waals surface area contributed by atoms with Gasteiger partial charge in [-0.25, -0.2) is 0 Å². The lowest BCUT2D eigenvalue weighted by Gasteiger charge is -2.09. The zero-order chi connectivity index (χ0) is 14.7. The van der Waals surface area contributed by atoms with Crippen molar-refractivity contribution in [2.45, 2.75) is 13.5 Å². The van der Waals surface area contributed by atoms with E-state index in [1.54, 1.807) is 0 Å². The molecule has 0 aliphatic heterocycles. The van der Waals surface area contributed by atoms with Crippen LogP contribution < -0.4 is 5.32 Å². The van der Waals surface area contributed by atoms with Gasteiger partial charge in [0.1, 0.15) is 5.69 Å². The van der Waals surface area contributed by atoms with Crippen molar-refractivity contribution < 1.29 is 4.92 Å². The van der Waals surface area contributed by atoms with Crippen molar-refractivity contribution in [1.29, 1.82) is 0 Å². The summed E-state index contributed by atoms with van der Waals surface area (Å²) in [7, 11) is 0. The van der Waals surface area contributed by atoms with Gasteiger partial charge in [-0.3, -0.25) is 10.1 Å². The molecule has 0 fully saturated rings. The Balaban J connectivity index is 2.24. The van der Waals surface area contributed by atoms with Gasteiger partial charge in [-0.1, -0.05) is 53.0 Å². The number of nitro groups is 1. The number of aryl methyl sites for hydroxylation is 1. The summed E-state index contributed by atoms with van der Waals surface area (Å²) in [6.45, 7) is 2.46. The molecule has 0 aromatic heterocycles. The Morgan fingerprint density at radius 2 is 1.90 bits per heavy atom. The van der Waals surface area contributed by atoms with E-state index in [2.05, 4.69) is 5.32 Å². The fourth-order valence-corrected chi connectivity index (χ4v) is 2.17. The minimum atomic E-state index is -0.485. The van der Waals surface area contributed by atoms with Crippen LogP contribution in [0.2, 0.25) is 10.0 Å². The van der Waals surface area contributed by atoms with Crippen molar-refractivity contribution in [2.24, 2.45) is 0 Å². The molecule has 0 saturated heterocycles. The number of hydrogen-bond donors (Lipinski definition) is 1. The normalized spacial score (nSPS) is 10.3. The first kappa shape index (κ1) is 14.6. The molecule has 0 amide bonds. The molecule has 0 aliphatic rings. The average Bonchev–Trinajstić information content (AvgIpc) is 2.39. The van der Waals surface area contributed by atoms with Crippen molar-refractivity contribution >= 4 is 34.6 Å². The molecule has 0 aliphatic carbocycles. The Hall–Kier alpha value is -1.78. The number of hydrogen-bond acceptors (Lipinski definition) is 3. The van der Waals surface area contributed by atoms with E-state index in [1.165, 1.54) is 12.1 Å². The van der Waals surface area contributed by atoms with Crippen LogP contribution in [0.1, 0.15) is 11.1 Å². The van der Waals surface area contributed by atoms with Crippen LogP contribution in [0.4, 0.5) is 11.4 Å². The summed E-state index contributed by atoms with van der Waals surface area (Å²) in [5.41, 5.74) is 2.43. The molecule has 0 bridgehead atoms. The third-order valence-corrected chi connectivity index (χ3v) is 3.52. The zero-order valence-corrected chi connectivity index (χ0v) is 12.2. The van der Waals surface area contributed by atoms with Crippen molar-refractivity contribution in [3.63, 3.8) is 0 Å². The van der Waals surface area contributed by atoms with Gasteiger partial charge in [0, 0.05) is 12.6 Å². The lowest BCUT2D eigenvalue weighted by Crippen LogP contribution is -2.03. The molecule has 0 heterocycles. The molecule has 0 saturated carbocycles. The molecule has 0 radical (unpaired) electrons. The first-order valence-corrected chi connectivity index (χ1v) is 6.66.